The first-order valence-corrected chi connectivity index (χ1v) is 5.07. The highest BCUT2D eigenvalue weighted by Gasteiger charge is 2.01. The molecule has 0 aromatic carbocycles. The molecule has 0 aliphatic heterocycles. The molecule has 2 heterocycles. The summed E-state index contributed by atoms with van der Waals surface area (Å²) in [6.07, 6.45) is 4.84. The smallest absolute Gasteiger partial charge is 0.155 e. The normalized spacial score (nSPS) is 12.4. The van der Waals surface area contributed by atoms with Gasteiger partial charge in [-0.05, 0) is 19.1 Å². The molecule has 2 rings (SSSR count). The van der Waals surface area contributed by atoms with Crippen LogP contribution in [-0.4, -0.2) is 32.3 Å². The summed E-state index contributed by atoms with van der Waals surface area (Å²) in [7, 11) is 0. The summed E-state index contributed by atoms with van der Waals surface area (Å²) in [5.74, 6) is 0.739. The monoisotopic (exact) mass is 218 g/mol. The second kappa shape index (κ2) is 4.71. The van der Waals surface area contributed by atoms with Crippen molar-refractivity contribution in [2.45, 2.75) is 13.0 Å². The SMILES string of the molecule is CC(CN)Nc1ccc(-n2cncn2)nc1. The van der Waals surface area contributed by atoms with E-state index in [0.29, 0.717) is 6.54 Å². The third kappa shape index (κ3) is 2.34. The summed E-state index contributed by atoms with van der Waals surface area (Å²) < 4.78 is 1.61. The third-order valence-corrected chi connectivity index (χ3v) is 2.17. The number of aromatic nitrogens is 4. The first-order chi connectivity index (χ1) is 7.79. The van der Waals surface area contributed by atoms with E-state index in [2.05, 4.69) is 20.4 Å². The molecular weight excluding hydrogens is 204 g/mol. The van der Waals surface area contributed by atoms with Crippen LogP contribution < -0.4 is 11.1 Å². The summed E-state index contributed by atoms with van der Waals surface area (Å²) in [6.45, 7) is 2.61. The number of nitrogens with one attached hydrogen (secondary N) is 1. The lowest BCUT2D eigenvalue weighted by Crippen LogP contribution is -2.25. The molecule has 84 valence electrons. The first kappa shape index (κ1) is 10.6. The van der Waals surface area contributed by atoms with Crippen molar-refractivity contribution in [3.05, 3.63) is 31.0 Å². The van der Waals surface area contributed by atoms with Crippen LogP contribution in [0.3, 0.4) is 0 Å². The Morgan fingerprint density at radius 3 is 2.94 bits per heavy atom. The van der Waals surface area contributed by atoms with E-state index in [0.717, 1.165) is 11.5 Å². The standard InChI is InChI=1S/C10H14N6/c1-8(4-11)15-9-2-3-10(13-5-9)16-7-12-6-14-16/h2-3,5-8,15H,4,11H2,1H3. The highest BCUT2D eigenvalue weighted by molar-refractivity contribution is 5.44. The van der Waals surface area contributed by atoms with Gasteiger partial charge in [0.1, 0.15) is 12.7 Å². The molecule has 16 heavy (non-hydrogen) atoms. The Morgan fingerprint density at radius 1 is 1.50 bits per heavy atom. The molecular formula is C10H14N6. The van der Waals surface area contributed by atoms with Crippen LogP contribution in [0.1, 0.15) is 6.92 Å². The number of rotatable bonds is 4. The Kier molecular flexibility index (Phi) is 3.11. The molecule has 3 N–H and O–H groups in total. The zero-order chi connectivity index (χ0) is 11.4. The molecule has 1 unspecified atom stereocenters. The number of anilines is 1. The molecule has 0 aliphatic rings. The number of nitrogens with zero attached hydrogens (tertiary/aromatic N) is 4. The second-order valence-electron chi connectivity index (χ2n) is 3.53. The number of hydrogen-bond donors (Lipinski definition) is 2. The quantitative estimate of drug-likeness (QED) is 0.777. The molecule has 6 heteroatoms. The van der Waals surface area contributed by atoms with E-state index < -0.39 is 0 Å². The van der Waals surface area contributed by atoms with Gasteiger partial charge < -0.3 is 11.1 Å². The third-order valence-electron chi connectivity index (χ3n) is 2.17. The molecule has 0 spiro atoms. The van der Waals surface area contributed by atoms with Crippen LogP contribution in [0, 0.1) is 0 Å². The van der Waals surface area contributed by atoms with Crippen LogP contribution >= 0.6 is 0 Å². The van der Waals surface area contributed by atoms with E-state index in [1.54, 1.807) is 17.2 Å². The Labute approximate surface area is 93.5 Å². The van der Waals surface area contributed by atoms with Crippen molar-refractivity contribution in [2.75, 3.05) is 11.9 Å². The fourth-order valence-electron chi connectivity index (χ4n) is 1.28. The topological polar surface area (TPSA) is 81.6 Å². The predicted octanol–water partition coefficient (Wildman–Crippen LogP) is 0.421. The highest BCUT2D eigenvalue weighted by atomic mass is 15.3. The Morgan fingerprint density at radius 2 is 2.38 bits per heavy atom. The zero-order valence-corrected chi connectivity index (χ0v) is 9.04. The summed E-state index contributed by atoms with van der Waals surface area (Å²) in [5.41, 5.74) is 6.47. The van der Waals surface area contributed by atoms with Gasteiger partial charge in [-0.3, -0.25) is 0 Å². The predicted molar refractivity (Wildman–Crippen MR) is 61.3 cm³/mol. The van der Waals surface area contributed by atoms with Gasteiger partial charge in [-0.2, -0.15) is 5.10 Å². The molecule has 1 atom stereocenters. The van der Waals surface area contributed by atoms with Gasteiger partial charge in [0, 0.05) is 12.6 Å². The molecule has 0 saturated carbocycles. The molecule has 6 nitrogen and oxygen atoms in total. The second-order valence-corrected chi connectivity index (χ2v) is 3.53. The van der Waals surface area contributed by atoms with Crippen LogP contribution in [0.2, 0.25) is 0 Å². The largest absolute Gasteiger partial charge is 0.380 e. The molecule has 0 fully saturated rings. The molecule has 0 aliphatic carbocycles. The molecule has 0 amide bonds. The molecule has 2 aromatic rings. The number of pyridine rings is 1. The van der Waals surface area contributed by atoms with Gasteiger partial charge in [0.25, 0.3) is 0 Å². The lowest BCUT2D eigenvalue weighted by atomic mass is 10.3. The molecule has 0 bridgehead atoms. The van der Waals surface area contributed by atoms with Crippen molar-refractivity contribution >= 4 is 5.69 Å². The van der Waals surface area contributed by atoms with Crippen LogP contribution in [0.15, 0.2) is 31.0 Å². The van der Waals surface area contributed by atoms with Crippen LogP contribution in [0.5, 0.6) is 0 Å². The maximum atomic E-state index is 5.52. The van der Waals surface area contributed by atoms with Crippen molar-refractivity contribution in [1.29, 1.82) is 0 Å². The number of nitrogens with two attached hydrogens (primary N) is 1. The maximum absolute atomic E-state index is 5.52. The lowest BCUT2D eigenvalue weighted by Gasteiger charge is -2.12. The summed E-state index contributed by atoms with van der Waals surface area (Å²) in [5, 5.41) is 7.23. The summed E-state index contributed by atoms with van der Waals surface area (Å²) in [6, 6.07) is 4.05. The molecule has 0 radical (unpaired) electrons. The average Bonchev–Trinajstić information content (AvgIpc) is 2.83. The fourth-order valence-corrected chi connectivity index (χ4v) is 1.28. The van der Waals surface area contributed by atoms with Gasteiger partial charge >= 0.3 is 0 Å². The van der Waals surface area contributed by atoms with E-state index in [1.165, 1.54) is 6.33 Å². The maximum Gasteiger partial charge on any atom is 0.155 e. The summed E-state index contributed by atoms with van der Waals surface area (Å²) >= 11 is 0. The van der Waals surface area contributed by atoms with Crippen LogP contribution in [0.4, 0.5) is 5.69 Å². The fraction of sp³-hybridized carbons (Fsp3) is 0.300. The minimum atomic E-state index is 0.235. The van der Waals surface area contributed by atoms with Gasteiger partial charge in [0.05, 0.1) is 11.9 Å². The Bertz CT molecular complexity index is 421. The van der Waals surface area contributed by atoms with Gasteiger partial charge in [0.2, 0.25) is 0 Å². The Hall–Kier alpha value is -1.95. The lowest BCUT2D eigenvalue weighted by molar-refractivity contribution is 0.800. The van der Waals surface area contributed by atoms with E-state index in [-0.39, 0.29) is 6.04 Å². The Balaban J connectivity index is 2.11. The van der Waals surface area contributed by atoms with E-state index in [1.807, 2.05) is 19.1 Å². The zero-order valence-electron chi connectivity index (χ0n) is 9.04. The van der Waals surface area contributed by atoms with Gasteiger partial charge in [-0.15, -0.1) is 0 Å². The average molecular weight is 218 g/mol. The van der Waals surface area contributed by atoms with Crippen molar-refractivity contribution in [2.24, 2.45) is 5.73 Å². The first-order valence-electron chi connectivity index (χ1n) is 5.07. The van der Waals surface area contributed by atoms with Crippen molar-refractivity contribution in [3.8, 4) is 5.82 Å². The van der Waals surface area contributed by atoms with Gasteiger partial charge in [-0.25, -0.2) is 14.6 Å². The van der Waals surface area contributed by atoms with Crippen LogP contribution in [-0.2, 0) is 0 Å². The van der Waals surface area contributed by atoms with E-state index >= 15 is 0 Å². The van der Waals surface area contributed by atoms with Gasteiger partial charge in [0.15, 0.2) is 5.82 Å². The van der Waals surface area contributed by atoms with Crippen molar-refractivity contribution < 1.29 is 0 Å². The van der Waals surface area contributed by atoms with Crippen molar-refractivity contribution in [1.82, 2.24) is 19.7 Å². The minimum Gasteiger partial charge on any atom is -0.380 e. The van der Waals surface area contributed by atoms with E-state index in [9.17, 15) is 0 Å². The van der Waals surface area contributed by atoms with E-state index in [4.69, 9.17) is 5.73 Å². The molecule has 2 aromatic heterocycles. The highest BCUT2D eigenvalue weighted by Crippen LogP contribution is 2.09. The number of hydrogen-bond acceptors (Lipinski definition) is 5. The minimum absolute atomic E-state index is 0.235. The molecule has 0 saturated heterocycles. The van der Waals surface area contributed by atoms with Gasteiger partial charge in [-0.1, -0.05) is 0 Å². The summed E-state index contributed by atoms with van der Waals surface area (Å²) in [4.78, 5) is 8.13. The van der Waals surface area contributed by atoms with Crippen LogP contribution in [0.25, 0.3) is 5.82 Å². The van der Waals surface area contributed by atoms with Crippen molar-refractivity contribution in [3.63, 3.8) is 0 Å².